The van der Waals surface area contributed by atoms with Crippen LogP contribution < -0.4 is 0 Å². The van der Waals surface area contributed by atoms with Crippen LogP contribution in [0.25, 0.3) is 0 Å². The fourth-order valence-electron chi connectivity index (χ4n) is 0.739. The summed E-state index contributed by atoms with van der Waals surface area (Å²) < 4.78 is 4.86. The third-order valence-electron chi connectivity index (χ3n) is 1.15. The molecule has 0 aromatic rings. The van der Waals surface area contributed by atoms with Crippen molar-refractivity contribution in [2.75, 3.05) is 0 Å². The number of hydrogen-bond acceptors (Lipinski definition) is 2. The van der Waals surface area contributed by atoms with Gasteiger partial charge in [0.15, 0.2) is 0 Å². The lowest BCUT2D eigenvalue weighted by molar-refractivity contribution is -0.145. The molecule has 0 radical (unpaired) electrons. The molecule has 0 aromatic heterocycles. The molecule has 0 spiro atoms. The summed E-state index contributed by atoms with van der Waals surface area (Å²) in [5, 5.41) is 0. The van der Waals surface area contributed by atoms with Gasteiger partial charge in [0.05, 0.1) is 0 Å². The van der Waals surface area contributed by atoms with Gasteiger partial charge in [-0.2, -0.15) is 0 Å². The number of carbonyl (C=O) groups excluding carboxylic acids is 1. The fraction of sp³-hybridized carbons (Fsp3) is 0.625. The third-order valence-corrected chi connectivity index (χ3v) is 1.71. The van der Waals surface area contributed by atoms with Gasteiger partial charge in [0.2, 0.25) is 0 Å². The SMILES string of the molecule is C=C(C)CC(OC(C)=O)C(Cl)Cl. The number of carbonyl (C=O) groups is 1. The topological polar surface area (TPSA) is 26.3 Å². The zero-order valence-corrected chi connectivity index (χ0v) is 8.65. The van der Waals surface area contributed by atoms with Gasteiger partial charge in [0.25, 0.3) is 0 Å². The molecule has 1 unspecified atom stereocenters. The zero-order chi connectivity index (χ0) is 9.72. The summed E-state index contributed by atoms with van der Waals surface area (Å²) in [7, 11) is 0. The van der Waals surface area contributed by atoms with Crippen molar-refractivity contribution < 1.29 is 9.53 Å². The highest BCUT2D eigenvalue weighted by Gasteiger charge is 2.19. The zero-order valence-electron chi connectivity index (χ0n) is 7.14. The minimum absolute atomic E-state index is 0.382. The summed E-state index contributed by atoms with van der Waals surface area (Å²) in [6.07, 6.45) is 0.0142. The lowest BCUT2D eigenvalue weighted by Crippen LogP contribution is -2.23. The summed E-state index contributed by atoms with van der Waals surface area (Å²) in [5.41, 5.74) is 0.882. The van der Waals surface area contributed by atoms with Gasteiger partial charge in [0.1, 0.15) is 10.9 Å². The van der Waals surface area contributed by atoms with Gasteiger partial charge >= 0.3 is 5.97 Å². The third kappa shape index (κ3) is 5.44. The van der Waals surface area contributed by atoms with E-state index >= 15 is 0 Å². The molecule has 0 aliphatic rings. The summed E-state index contributed by atoms with van der Waals surface area (Å²) in [6.45, 7) is 6.82. The van der Waals surface area contributed by atoms with Crippen molar-refractivity contribution in [2.45, 2.75) is 31.2 Å². The van der Waals surface area contributed by atoms with Gasteiger partial charge in [-0.3, -0.25) is 4.79 Å². The largest absolute Gasteiger partial charge is 0.459 e. The van der Waals surface area contributed by atoms with E-state index < -0.39 is 10.9 Å². The average Bonchev–Trinajstić information content (AvgIpc) is 1.83. The van der Waals surface area contributed by atoms with E-state index in [0.29, 0.717) is 6.42 Å². The molecule has 12 heavy (non-hydrogen) atoms. The van der Waals surface area contributed by atoms with E-state index in [-0.39, 0.29) is 5.97 Å². The first-order valence-electron chi connectivity index (χ1n) is 3.53. The Balaban J connectivity index is 4.04. The first kappa shape index (κ1) is 11.8. The molecule has 2 nitrogen and oxygen atoms in total. The van der Waals surface area contributed by atoms with Crippen LogP contribution in [0.1, 0.15) is 20.3 Å². The number of rotatable bonds is 4. The first-order chi connectivity index (χ1) is 5.43. The second kappa shape index (κ2) is 5.44. The molecule has 0 aliphatic heterocycles. The van der Waals surface area contributed by atoms with Crippen LogP contribution in [0, 0.1) is 0 Å². The van der Waals surface area contributed by atoms with Crippen molar-refractivity contribution in [3.05, 3.63) is 12.2 Å². The standard InChI is InChI=1S/C8H12Cl2O2/c1-5(2)4-7(8(9)10)12-6(3)11/h7-8H,1,4H2,2-3H3. The maximum absolute atomic E-state index is 10.6. The summed E-state index contributed by atoms with van der Waals surface area (Å²) >= 11 is 11.2. The van der Waals surface area contributed by atoms with Crippen molar-refractivity contribution in [2.24, 2.45) is 0 Å². The average molecular weight is 211 g/mol. The highest BCUT2D eigenvalue weighted by Crippen LogP contribution is 2.18. The quantitative estimate of drug-likeness (QED) is 0.406. The summed E-state index contributed by atoms with van der Waals surface area (Å²) in [4.78, 5) is 9.87. The van der Waals surface area contributed by atoms with Crippen LogP contribution in [0.4, 0.5) is 0 Å². The molecule has 4 heteroatoms. The minimum atomic E-state index is -0.703. The molecule has 0 amide bonds. The van der Waals surface area contributed by atoms with Crippen LogP contribution in [0.5, 0.6) is 0 Å². The van der Waals surface area contributed by atoms with E-state index in [1.165, 1.54) is 6.92 Å². The number of esters is 1. The van der Waals surface area contributed by atoms with E-state index in [0.717, 1.165) is 5.57 Å². The van der Waals surface area contributed by atoms with Crippen molar-refractivity contribution in [1.29, 1.82) is 0 Å². The first-order valence-corrected chi connectivity index (χ1v) is 4.40. The molecule has 0 saturated carbocycles. The molecule has 0 bridgehead atoms. The summed E-state index contributed by atoms with van der Waals surface area (Å²) in [6, 6.07) is 0. The van der Waals surface area contributed by atoms with Crippen LogP contribution in [0.2, 0.25) is 0 Å². The van der Waals surface area contributed by atoms with E-state index in [2.05, 4.69) is 6.58 Å². The predicted molar refractivity (Wildman–Crippen MR) is 50.5 cm³/mol. The highest BCUT2D eigenvalue weighted by molar-refractivity contribution is 6.44. The fourth-order valence-corrected chi connectivity index (χ4v) is 1.02. The predicted octanol–water partition coefficient (Wildman–Crippen LogP) is 2.69. The Kier molecular flexibility index (Phi) is 5.34. The van der Waals surface area contributed by atoms with E-state index in [1.54, 1.807) is 0 Å². The smallest absolute Gasteiger partial charge is 0.303 e. The summed E-state index contributed by atoms with van der Waals surface area (Å²) in [5.74, 6) is -0.382. The van der Waals surface area contributed by atoms with Crippen molar-refractivity contribution >= 4 is 29.2 Å². The minimum Gasteiger partial charge on any atom is -0.459 e. The van der Waals surface area contributed by atoms with Crippen molar-refractivity contribution in [1.82, 2.24) is 0 Å². The molecule has 0 aromatic carbocycles. The Morgan fingerprint density at radius 2 is 2.00 bits per heavy atom. The number of alkyl halides is 2. The van der Waals surface area contributed by atoms with Crippen LogP contribution in [0.15, 0.2) is 12.2 Å². The van der Waals surface area contributed by atoms with Gasteiger partial charge in [-0.25, -0.2) is 0 Å². The van der Waals surface area contributed by atoms with Crippen LogP contribution >= 0.6 is 23.2 Å². The Bertz CT molecular complexity index is 162. The number of hydrogen-bond donors (Lipinski definition) is 0. The normalized spacial score (nSPS) is 12.8. The lowest BCUT2D eigenvalue weighted by Gasteiger charge is -2.17. The van der Waals surface area contributed by atoms with Crippen LogP contribution in [-0.4, -0.2) is 16.9 Å². The number of ether oxygens (including phenoxy) is 1. The van der Waals surface area contributed by atoms with Crippen LogP contribution in [0.3, 0.4) is 0 Å². The van der Waals surface area contributed by atoms with Gasteiger partial charge in [-0.05, 0) is 6.92 Å². The Hall–Kier alpha value is -0.210. The van der Waals surface area contributed by atoms with E-state index in [9.17, 15) is 4.79 Å². The molecular weight excluding hydrogens is 199 g/mol. The molecule has 0 N–H and O–H groups in total. The molecule has 0 saturated heterocycles. The Labute approximate surface area is 82.5 Å². The molecule has 0 aliphatic carbocycles. The van der Waals surface area contributed by atoms with Gasteiger partial charge in [-0.15, -0.1) is 23.2 Å². The van der Waals surface area contributed by atoms with Gasteiger partial charge in [-0.1, -0.05) is 12.2 Å². The maximum Gasteiger partial charge on any atom is 0.303 e. The number of halogens is 2. The van der Waals surface area contributed by atoms with Gasteiger partial charge in [0, 0.05) is 13.3 Å². The Morgan fingerprint density at radius 1 is 1.50 bits per heavy atom. The maximum atomic E-state index is 10.6. The molecule has 0 heterocycles. The van der Waals surface area contributed by atoms with Gasteiger partial charge < -0.3 is 4.74 Å². The van der Waals surface area contributed by atoms with E-state index in [1.807, 2.05) is 6.92 Å². The molecule has 70 valence electrons. The van der Waals surface area contributed by atoms with Crippen LogP contribution in [-0.2, 0) is 9.53 Å². The lowest BCUT2D eigenvalue weighted by atomic mass is 10.2. The Morgan fingerprint density at radius 3 is 2.25 bits per heavy atom. The molecule has 0 fully saturated rings. The second-order valence-electron chi connectivity index (χ2n) is 2.64. The highest BCUT2D eigenvalue weighted by atomic mass is 35.5. The monoisotopic (exact) mass is 210 g/mol. The van der Waals surface area contributed by atoms with E-state index in [4.69, 9.17) is 27.9 Å². The molecular formula is C8H12Cl2O2. The molecule has 1 atom stereocenters. The van der Waals surface area contributed by atoms with Crippen molar-refractivity contribution in [3.8, 4) is 0 Å². The molecule has 0 rings (SSSR count). The second-order valence-corrected chi connectivity index (χ2v) is 3.81. The van der Waals surface area contributed by atoms with Crippen molar-refractivity contribution in [3.63, 3.8) is 0 Å².